The van der Waals surface area contributed by atoms with Crippen LogP contribution in [0.25, 0.3) is 0 Å². The first kappa shape index (κ1) is 20.1. The first-order valence-electron chi connectivity index (χ1n) is 7.89. The van der Waals surface area contributed by atoms with E-state index >= 15 is 0 Å². The van der Waals surface area contributed by atoms with Gasteiger partial charge >= 0.3 is 0 Å². The Labute approximate surface area is 175 Å². The number of halogens is 1. The Kier molecular flexibility index (Phi) is 5.28. The lowest BCUT2D eigenvalue weighted by Gasteiger charge is -2.34. The minimum Gasteiger partial charge on any atom is -0.301 e. The van der Waals surface area contributed by atoms with Gasteiger partial charge in [0.15, 0.2) is 10.2 Å². The van der Waals surface area contributed by atoms with Crippen molar-refractivity contribution in [3.8, 4) is 0 Å². The predicted octanol–water partition coefficient (Wildman–Crippen LogP) is 0.846. The molecule has 2 aliphatic rings. The molecule has 1 N–H and O–H groups in total. The average molecular weight is 437 g/mol. The van der Waals surface area contributed by atoms with E-state index < -0.39 is 29.5 Å². The number of anilines is 1. The molecule has 144 valence electrons. The second-order valence-corrected chi connectivity index (χ2v) is 7.20. The number of rotatable bonds is 2. The van der Waals surface area contributed by atoms with Crippen LogP contribution >= 0.6 is 36.0 Å². The van der Waals surface area contributed by atoms with Gasteiger partial charge in [-0.1, -0.05) is 11.6 Å². The number of nitrogens with one attached hydrogen (secondary N) is 1. The molecule has 1 aromatic carbocycles. The molecule has 8 nitrogen and oxygen atoms in total. The average Bonchev–Trinajstić information content (AvgIpc) is 2.65. The third-order valence-electron chi connectivity index (χ3n) is 4.26. The Morgan fingerprint density at radius 1 is 1.00 bits per heavy atom. The lowest BCUT2D eigenvalue weighted by molar-refractivity contribution is -0.132. The summed E-state index contributed by atoms with van der Waals surface area (Å²) < 4.78 is 0. The number of nitrogens with zero attached hydrogens (tertiary/aromatic N) is 3. The van der Waals surface area contributed by atoms with Gasteiger partial charge < -0.3 is 5.32 Å². The van der Waals surface area contributed by atoms with E-state index in [0.717, 1.165) is 20.8 Å². The molecule has 2 saturated heterocycles. The third kappa shape index (κ3) is 3.30. The van der Waals surface area contributed by atoms with Gasteiger partial charge in [-0.2, -0.15) is 0 Å². The van der Waals surface area contributed by atoms with Crippen molar-refractivity contribution in [2.24, 2.45) is 5.92 Å². The molecule has 0 radical (unpaired) electrons. The van der Waals surface area contributed by atoms with Crippen LogP contribution in [-0.4, -0.2) is 57.7 Å². The van der Waals surface area contributed by atoms with E-state index in [0.29, 0.717) is 10.7 Å². The van der Waals surface area contributed by atoms with Gasteiger partial charge in [0.05, 0.1) is 5.69 Å². The number of thiocarbonyl (C=S) groups is 2. The second-order valence-electron chi connectivity index (χ2n) is 6.01. The molecule has 0 bridgehead atoms. The van der Waals surface area contributed by atoms with E-state index in [2.05, 4.69) is 5.32 Å². The lowest BCUT2D eigenvalue weighted by Crippen LogP contribution is -2.58. The predicted molar refractivity (Wildman–Crippen MR) is 109 cm³/mol. The molecule has 2 heterocycles. The van der Waals surface area contributed by atoms with Gasteiger partial charge in [0.1, 0.15) is 11.5 Å². The minimum atomic E-state index is -1.42. The summed E-state index contributed by atoms with van der Waals surface area (Å²) in [5.74, 6) is -4.23. The SMILES string of the molecule is CN1C(=O)C(=C[C@@H]2C(=O)NC(=S)N(c3ccc(Cl)cc3)C2=O)C(=O)N(C)C1=S. The summed E-state index contributed by atoms with van der Waals surface area (Å²) in [7, 11) is 2.80. The van der Waals surface area contributed by atoms with E-state index in [9.17, 15) is 19.2 Å². The van der Waals surface area contributed by atoms with Crippen molar-refractivity contribution in [1.82, 2.24) is 15.1 Å². The number of hydrogen-bond acceptors (Lipinski definition) is 6. The van der Waals surface area contributed by atoms with Crippen molar-refractivity contribution < 1.29 is 19.2 Å². The van der Waals surface area contributed by atoms with Gasteiger partial charge in [0.25, 0.3) is 11.8 Å². The molecule has 28 heavy (non-hydrogen) atoms. The number of likely N-dealkylation sites (N-methyl/N-ethyl adjacent to an activating group) is 2. The molecule has 2 fully saturated rings. The lowest BCUT2D eigenvalue weighted by atomic mass is 9.98. The van der Waals surface area contributed by atoms with Crippen molar-refractivity contribution in [2.75, 3.05) is 19.0 Å². The van der Waals surface area contributed by atoms with Crippen molar-refractivity contribution >= 4 is 75.6 Å². The molecule has 0 aromatic heterocycles. The Morgan fingerprint density at radius 3 is 2.07 bits per heavy atom. The van der Waals surface area contributed by atoms with Crippen molar-refractivity contribution in [3.05, 3.63) is 40.9 Å². The van der Waals surface area contributed by atoms with Crippen LogP contribution in [0, 0.1) is 5.92 Å². The largest absolute Gasteiger partial charge is 0.301 e. The fourth-order valence-electron chi connectivity index (χ4n) is 2.73. The summed E-state index contributed by atoms with van der Waals surface area (Å²) in [6.45, 7) is 0. The number of carbonyl (C=O) groups excluding carboxylic acids is 4. The van der Waals surface area contributed by atoms with Gasteiger partial charge in [0, 0.05) is 19.1 Å². The molecule has 4 amide bonds. The van der Waals surface area contributed by atoms with Crippen LogP contribution in [0.5, 0.6) is 0 Å². The molecule has 1 aromatic rings. The van der Waals surface area contributed by atoms with E-state index in [1.807, 2.05) is 0 Å². The van der Waals surface area contributed by atoms with E-state index in [1.54, 1.807) is 24.3 Å². The molecular weight excluding hydrogens is 424 g/mol. The Hall–Kier alpha value is -2.69. The van der Waals surface area contributed by atoms with Crippen LogP contribution in [0.2, 0.25) is 5.02 Å². The van der Waals surface area contributed by atoms with Crippen LogP contribution in [0.15, 0.2) is 35.9 Å². The standard InChI is InChI=1S/C17H13ClN4O4S2/c1-20-13(24)11(14(25)21(2)17(20)28)7-10-12(23)19-16(27)22(15(10)26)9-5-3-8(18)4-6-9/h3-7,10H,1-2H3,(H,19,23,27)/t10-/m1/s1. The van der Waals surface area contributed by atoms with Crippen molar-refractivity contribution in [3.63, 3.8) is 0 Å². The normalized spacial score (nSPS) is 20.8. The molecular formula is C17H13ClN4O4S2. The second kappa shape index (κ2) is 7.38. The molecule has 3 rings (SSSR count). The fraction of sp³-hybridized carbons (Fsp3) is 0.176. The summed E-state index contributed by atoms with van der Waals surface area (Å²) in [6.07, 6.45) is 1.04. The third-order valence-corrected chi connectivity index (χ3v) is 5.35. The van der Waals surface area contributed by atoms with Gasteiger partial charge in [-0.25, -0.2) is 0 Å². The monoisotopic (exact) mass is 436 g/mol. The summed E-state index contributed by atoms with van der Waals surface area (Å²) >= 11 is 16.0. The van der Waals surface area contributed by atoms with Crippen molar-refractivity contribution in [1.29, 1.82) is 0 Å². The molecule has 0 unspecified atom stereocenters. The van der Waals surface area contributed by atoms with E-state index in [4.69, 9.17) is 36.0 Å². The maximum Gasteiger partial charge on any atom is 0.265 e. The Morgan fingerprint density at radius 2 is 1.54 bits per heavy atom. The molecule has 1 atom stereocenters. The quantitative estimate of drug-likeness (QED) is 0.320. The molecule has 0 spiro atoms. The van der Waals surface area contributed by atoms with Gasteiger partial charge in [0.2, 0.25) is 11.8 Å². The van der Waals surface area contributed by atoms with Crippen LogP contribution in [0.4, 0.5) is 5.69 Å². The smallest absolute Gasteiger partial charge is 0.265 e. The highest BCUT2D eigenvalue weighted by Crippen LogP contribution is 2.25. The molecule has 11 heteroatoms. The highest BCUT2D eigenvalue weighted by molar-refractivity contribution is 7.80. The number of hydrogen-bond donors (Lipinski definition) is 1. The zero-order valence-electron chi connectivity index (χ0n) is 14.6. The number of carbonyl (C=O) groups is 4. The highest BCUT2D eigenvalue weighted by atomic mass is 35.5. The zero-order valence-corrected chi connectivity index (χ0v) is 17.0. The first-order chi connectivity index (χ1) is 13.1. The maximum absolute atomic E-state index is 13.0. The van der Waals surface area contributed by atoms with Crippen LogP contribution in [0.1, 0.15) is 0 Å². The van der Waals surface area contributed by atoms with Gasteiger partial charge in [-0.15, -0.1) is 0 Å². The summed E-state index contributed by atoms with van der Waals surface area (Å²) in [5, 5.41) is 2.79. The van der Waals surface area contributed by atoms with Gasteiger partial charge in [-0.05, 0) is 54.8 Å². The van der Waals surface area contributed by atoms with Crippen LogP contribution in [-0.2, 0) is 19.2 Å². The highest BCUT2D eigenvalue weighted by Gasteiger charge is 2.42. The molecule has 0 saturated carbocycles. The fourth-order valence-corrected chi connectivity index (χ4v) is 3.32. The van der Waals surface area contributed by atoms with E-state index in [1.165, 1.54) is 14.1 Å². The summed E-state index contributed by atoms with van der Waals surface area (Å²) in [6, 6.07) is 6.25. The summed E-state index contributed by atoms with van der Waals surface area (Å²) in [5.41, 5.74) is 0.0653. The minimum absolute atomic E-state index is 0.0236. The number of benzene rings is 1. The molecule has 0 aliphatic carbocycles. The summed E-state index contributed by atoms with van der Waals surface area (Å²) in [4.78, 5) is 53.6. The topological polar surface area (TPSA) is 90.0 Å². The zero-order chi connectivity index (χ0) is 20.7. The maximum atomic E-state index is 13.0. The van der Waals surface area contributed by atoms with Crippen molar-refractivity contribution in [2.45, 2.75) is 0 Å². The Bertz CT molecular complexity index is 950. The first-order valence-corrected chi connectivity index (χ1v) is 9.09. The van der Waals surface area contributed by atoms with Gasteiger partial charge in [-0.3, -0.25) is 33.9 Å². The Balaban J connectivity index is 2.01. The van der Waals surface area contributed by atoms with Crippen LogP contribution < -0.4 is 10.2 Å². The number of amides is 4. The molecule has 2 aliphatic heterocycles. The van der Waals surface area contributed by atoms with E-state index in [-0.39, 0.29) is 15.8 Å². The van der Waals surface area contributed by atoms with Crippen LogP contribution in [0.3, 0.4) is 0 Å².